The maximum absolute atomic E-state index is 6.00. The molecular formula is C11H16ClN5S. The lowest BCUT2D eigenvalue weighted by Gasteiger charge is -2.09. The molecule has 0 atom stereocenters. The minimum Gasteiger partial charge on any atom is -0.376 e. The number of pyridine rings is 1. The molecule has 1 aromatic heterocycles. The Labute approximate surface area is 117 Å². The highest BCUT2D eigenvalue weighted by Gasteiger charge is 2.01. The van der Waals surface area contributed by atoms with E-state index >= 15 is 0 Å². The summed E-state index contributed by atoms with van der Waals surface area (Å²) in [4.78, 5) is 8.51. The quantitative estimate of drug-likeness (QED) is 0.438. The minimum atomic E-state index is 0.186. The molecule has 0 radical (unpaired) electrons. The van der Waals surface area contributed by atoms with Crippen LogP contribution in [0.5, 0.6) is 0 Å². The van der Waals surface area contributed by atoms with E-state index in [4.69, 9.17) is 29.6 Å². The molecule has 0 aromatic carbocycles. The highest BCUT2D eigenvalue weighted by molar-refractivity contribution is 7.80. The van der Waals surface area contributed by atoms with Crippen molar-refractivity contribution in [3.8, 4) is 0 Å². The molecule has 0 bridgehead atoms. The van der Waals surface area contributed by atoms with E-state index in [0.717, 1.165) is 12.2 Å². The van der Waals surface area contributed by atoms with Crippen molar-refractivity contribution in [2.45, 2.75) is 13.3 Å². The van der Waals surface area contributed by atoms with Crippen molar-refractivity contribution >= 4 is 34.9 Å². The number of aromatic nitrogens is 1. The molecule has 1 aromatic rings. The monoisotopic (exact) mass is 285 g/mol. The van der Waals surface area contributed by atoms with E-state index in [1.165, 1.54) is 0 Å². The van der Waals surface area contributed by atoms with Crippen LogP contribution in [0.15, 0.2) is 23.3 Å². The average Bonchev–Trinajstić information content (AvgIpc) is 2.31. The number of aliphatic imine (C=N–C) groups is 1. The first-order chi connectivity index (χ1) is 8.63. The third-order valence-corrected chi connectivity index (χ3v) is 2.49. The van der Waals surface area contributed by atoms with Crippen LogP contribution in [0.1, 0.15) is 12.6 Å². The van der Waals surface area contributed by atoms with Crippen molar-refractivity contribution in [3.05, 3.63) is 29.0 Å². The number of hydrogen-bond donors (Lipinski definition) is 3. The number of nitrogens with zero attached hydrogens (tertiary/aromatic N) is 2. The molecule has 0 amide bonds. The summed E-state index contributed by atoms with van der Waals surface area (Å²) in [6.07, 6.45) is 2.37. The van der Waals surface area contributed by atoms with Gasteiger partial charge in [-0.05, 0) is 31.3 Å². The van der Waals surface area contributed by atoms with Gasteiger partial charge in [0.2, 0.25) is 0 Å². The van der Waals surface area contributed by atoms with Crippen LogP contribution in [0.4, 0.5) is 0 Å². The molecule has 0 aliphatic rings. The predicted octanol–water partition coefficient (Wildman–Crippen LogP) is 1.08. The lowest BCUT2D eigenvalue weighted by molar-refractivity contribution is 0.875. The Morgan fingerprint density at radius 2 is 2.39 bits per heavy atom. The van der Waals surface area contributed by atoms with E-state index in [2.05, 4.69) is 20.6 Å². The standard InChI is InChI=1S/C11H16ClN5S/c1-2-14-11(17-10(13)18)16-7-5-9-8(12)4-3-6-15-9/h3-4,6H,2,5,7H2,1H3,(H4,13,14,16,17,18). The zero-order valence-corrected chi connectivity index (χ0v) is 11.7. The average molecular weight is 286 g/mol. The molecule has 1 rings (SSSR count). The second kappa shape index (κ2) is 7.84. The largest absolute Gasteiger partial charge is 0.376 e. The molecule has 0 aliphatic carbocycles. The van der Waals surface area contributed by atoms with Crippen LogP contribution in [-0.4, -0.2) is 29.1 Å². The first-order valence-corrected chi connectivity index (χ1v) is 6.36. The Bertz CT molecular complexity index is 435. The molecule has 0 spiro atoms. The molecule has 0 saturated carbocycles. The third kappa shape index (κ3) is 5.29. The Balaban J connectivity index is 2.55. The summed E-state index contributed by atoms with van der Waals surface area (Å²) in [5.74, 6) is 0.567. The summed E-state index contributed by atoms with van der Waals surface area (Å²) in [5.41, 5.74) is 6.22. The maximum Gasteiger partial charge on any atom is 0.197 e. The van der Waals surface area contributed by atoms with Gasteiger partial charge in [-0.15, -0.1) is 0 Å². The van der Waals surface area contributed by atoms with Gasteiger partial charge in [-0.1, -0.05) is 11.6 Å². The molecule has 0 aliphatic heterocycles. The molecule has 0 saturated heterocycles. The summed E-state index contributed by atoms with van der Waals surface area (Å²) in [7, 11) is 0. The Morgan fingerprint density at radius 1 is 1.61 bits per heavy atom. The molecule has 98 valence electrons. The van der Waals surface area contributed by atoms with Crippen molar-refractivity contribution in [1.29, 1.82) is 0 Å². The highest BCUT2D eigenvalue weighted by Crippen LogP contribution is 2.12. The molecule has 0 unspecified atom stereocenters. The minimum absolute atomic E-state index is 0.186. The number of hydrogen-bond acceptors (Lipinski definition) is 3. The molecule has 1 heterocycles. The van der Waals surface area contributed by atoms with E-state index in [9.17, 15) is 0 Å². The van der Waals surface area contributed by atoms with E-state index in [-0.39, 0.29) is 5.11 Å². The summed E-state index contributed by atoms with van der Waals surface area (Å²) >= 11 is 10.8. The Morgan fingerprint density at radius 3 is 3.00 bits per heavy atom. The molecule has 0 fully saturated rings. The number of thiocarbonyl (C=S) groups is 1. The van der Waals surface area contributed by atoms with Gasteiger partial charge in [0.25, 0.3) is 0 Å². The summed E-state index contributed by atoms with van der Waals surface area (Å²) in [6, 6.07) is 3.61. The van der Waals surface area contributed by atoms with Crippen LogP contribution in [0.25, 0.3) is 0 Å². The van der Waals surface area contributed by atoms with E-state index < -0.39 is 0 Å². The second-order valence-electron chi connectivity index (χ2n) is 3.43. The van der Waals surface area contributed by atoms with Crippen LogP contribution >= 0.6 is 23.8 Å². The van der Waals surface area contributed by atoms with Gasteiger partial charge in [0, 0.05) is 25.7 Å². The zero-order chi connectivity index (χ0) is 13.4. The van der Waals surface area contributed by atoms with Crippen molar-refractivity contribution in [3.63, 3.8) is 0 Å². The molecule has 5 nitrogen and oxygen atoms in total. The fraction of sp³-hybridized carbons (Fsp3) is 0.364. The molecule has 7 heteroatoms. The smallest absolute Gasteiger partial charge is 0.197 e. The number of nitrogens with two attached hydrogens (primary N) is 1. The maximum atomic E-state index is 6.00. The predicted molar refractivity (Wildman–Crippen MR) is 78.9 cm³/mol. The first-order valence-electron chi connectivity index (χ1n) is 5.57. The molecular weight excluding hydrogens is 270 g/mol. The van der Waals surface area contributed by atoms with E-state index in [1.54, 1.807) is 12.3 Å². The van der Waals surface area contributed by atoms with Crippen LogP contribution < -0.4 is 16.4 Å². The van der Waals surface area contributed by atoms with Crippen LogP contribution in [0.2, 0.25) is 5.02 Å². The van der Waals surface area contributed by atoms with Crippen LogP contribution in [-0.2, 0) is 6.42 Å². The Kier molecular flexibility index (Phi) is 6.38. The third-order valence-electron chi connectivity index (χ3n) is 2.04. The zero-order valence-electron chi connectivity index (χ0n) is 10.1. The van der Waals surface area contributed by atoms with Crippen molar-refractivity contribution in [1.82, 2.24) is 15.6 Å². The van der Waals surface area contributed by atoms with Gasteiger partial charge < -0.3 is 16.4 Å². The van der Waals surface area contributed by atoms with Gasteiger partial charge in [0.15, 0.2) is 11.1 Å². The van der Waals surface area contributed by atoms with E-state index in [0.29, 0.717) is 23.9 Å². The molecule has 18 heavy (non-hydrogen) atoms. The van der Waals surface area contributed by atoms with Gasteiger partial charge in [-0.2, -0.15) is 0 Å². The fourth-order valence-corrected chi connectivity index (χ4v) is 1.61. The van der Waals surface area contributed by atoms with Gasteiger partial charge in [0.05, 0.1) is 10.7 Å². The summed E-state index contributed by atoms with van der Waals surface area (Å²) in [6.45, 7) is 3.25. The highest BCUT2D eigenvalue weighted by atomic mass is 35.5. The van der Waals surface area contributed by atoms with E-state index in [1.807, 2.05) is 13.0 Å². The number of nitrogens with one attached hydrogen (secondary N) is 2. The van der Waals surface area contributed by atoms with Gasteiger partial charge in [-0.25, -0.2) is 0 Å². The van der Waals surface area contributed by atoms with Gasteiger partial charge in [0.1, 0.15) is 0 Å². The first kappa shape index (κ1) is 14.7. The topological polar surface area (TPSA) is 75.3 Å². The number of rotatable bonds is 4. The van der Waals surface area contributed by atoms with Gasteiger partial charge in [-0.3, -0.25) is 9.98 Å². The molecule has 4 N–H and O–H groups in total. The lowest BCUT2D eigenvalue weighted by Crippen LogP contribution is -2.43. The SMILES string of the molecule is CCNC(=NCCc1ncccc1Cl)NC(N)=S. The number of halogens is 1. The second-order valence-corrected chi connectivity index (χ2v) is 4.28. The van der Waals surface area contributed by atoms with Crippen LogP contribution in [0, 0.1) is 0 Å². The normalized spacial score (nSPS) is 11.1. The Hall–Kier alpha value is -1.40. The summed E-state index contributed by atoms with van der Waals surface area (Å²) in [5, 5.41) is 6.65. The van der Waals surface area contributed by atoms with Crippen molar-refractivity contribution < 1.29 is 0 Å². The summed E-state index contributed by atoms with van der Waals surface area (Å²) < 4.78 is 0. The number of guanidine groups is 1. The fourth-order valence-electron chi connectivity index (χ4n) is 1.30. The lowest BCUT2D eigenvalue weighted by atomic mass is 10.3. The van der Waals surface area contributed by atoms with Crippen molar-refractivity contribution in [2.75, 3.05) is 13.1 Å². The van der Waals surface area contributed by atoms with Crippen LogP contribution in [0.3, 0.4) is 0 Å². The van der Waals surface area contributed by atoms with Crippen molar-refractivity contribution in [2.24, 2.45) is 10.7 Å². The van der Waals surface area contributed by atoms with Gasteiger partial charge >= 0.3 is 0 Å².